The fourth-order valence-corrected chi connectivity index (χ4v) is 2.69. The van der Waals surface area contributed by atoms with E-state index in [1.807, 2.05) is 0 Å². The second kappa shape index (κ2) is 4.83. The van der Waals surface area contributed by atoms with E-state index in [2.05, 4.69) is 53.4 Å². The summed E-state index contributed by atoms with van der Waals surface area (Å²) in [6.45, 7) is 2.69. The van der Waals surface area contributed by atoms with Crippen molar-refractivity contribution in [3.05, 3.63) is 65.2 Å². The average Bonchev–Trinajstić information content (AvgIpc) is 2.83. The molecule has 2 nitrogen and oxygen atoms in total. The smallest absolute Gasteiger partial charge is 0.0432 e. The molecule has 0 fully saturated rings. The van der Waals surface area contributed by atoms with Crippen LogP contribution in [-0.4, -0.2) is 6.54 Å². The maximum absolute atomic E-state index is 5.80. The van der Waals surface area contributed by atoms with E-state index in [1.165, 1.54) is 22.4 Å². The lowest BCUT2D eigenvalue weighted by atomic mass is 10.1. The van der Waals surface area contributed by atoms with Gasteiger partial charge in [-0.3, -0.25) is 0 Å². The predicted octanol–water partition coefficient (Wildman–Crippen LogP) is 2.71. The summed E-state index contributed by atoms with van der Waals surface area (Å²) in [6, 6.07) is 17.1. The molecule has 0 radical (unpaired) electrons. The molecule has 1 aliphatic heterocycles. The first-order valence-electron chi connectivity index (χ1n) is 6.48. The minimum Gasteiger partial charge on any atom is -0.367 e. The summed E-state index contributed by atoms with van der Waals surface area (Å²) in [5, 5.41) is 0. The van der Waals surface area contributed by atoms with E-state index in [9.17, 15) is 0 Å². The molecule has 2 aromatic carbocycles. The summed E-state index contributed by atoms with van der Waals surface area (Å²) in [4.78, 5) is 2.45. The van der Waals surface area contributed by atoms with Gasteiger partial charge in [0.1, 0.15) is 0 Å². The Morgan fingerprint density at radius 2 is 1.67 bits per heavy atom. The number of anilines is 1. The summed E-state index contributed by atoms with van der Waals surface area (Å²) >= 11 is 0. The summed E-state index contributed by atoms with van der Waals surface area (Å²) in [6.07, 6.45) is 1.15. The maximum Gasteiger partial charge on any atom is 0.0432 e. The maximum atomic E-state index is 5.80. The Hall–Kier alpha value is -1.80. The van der Waals surface area contributed by atoms with Gasteiger partial charge in [-0.25, -0.2) is 0 Å². The van der Waals surface area contributed by atoms with Gasteiger partial charge in [-0.05, 0) is 29.2 Å². The molecule has 0 bridgehead atoms. The standard InChI is InChI=1S/C16H18N2/c17-11-14-6-1-2-7-15(14)12-18-10-9-13-5-3-4-8-16(13)18/h1-8H,9-12,17H2. The number of rotatable bonds is 3. The van der Waals surface area contributed by atoms with Crippen LogP contribution in [0.15, 0.2) is 48.5 Å². The third kappa shape index (κ3) is 2.00. The lowest BCUT2D eigenvalue weighted by Gasteiger charge is -2.21. The van der Waals surface area contributed by atoms with Gasteiger partial charge in [0.2, 0.25) is 0 Å². The van der Waals surface area contributed by atoms with Crippen molar-refractivity contribution >= 4 is 5.69 Å². The Kier molecular flexibility index (Phi) is 3.03. The molecule has 92 valence electrons. The Labute approximate surface area is 108 Å². The average molecular weight is 238 g/mol. The highest BCUT2D eigenvalue weighted by molar-refractivity contribution is 5.58. The van der Waals surface area contributed by atoms with E-state index in [4.69, 9.17) is 5.73 Å². The van der Waals surface area contributed by atoms with E-state index in [1.54, 1.807) is 0 Å². The molecule has 0 saturated carbocycles. The summed E-state index contributed by atoms with van der Waals surface area (Å²) < 4.78 is 0. The Morgan fingerprint density at radius 1 is 0.944 bits per heavy atom. The van der Waals surface area contributed by atoms with Crippen molar-refractivity contribution in [1.29, 1.82) is 0 Å². The van der Waals surface area contributed by atoms with Crippen molar-refractivity contribution in [3.8, 4) is 0 Å². The van der Waals surface area contributed by atoms with Crippen molar-refractivity contribution in [1.82, 2.24) is 0 Å². The third-order valence-corrected chi connectivity index (χ3v) is 3.68. The minimum atomic E-state index is 0.617. The van der Waals surface area contributed by atoms with Crippen LogP contribution in [-0.2, 0) is 19.5 Å². The van der Waals surface area contributed by atoms with Crippen LogP contribution in [0.25, 0.3) is 0 Å². The lowest BCUT2D eigenvalue weighted by Crippen LogP contribution is -2.21. The number of fused-ring (bicyclic) bond motifs is 1. The van der Waals surface area contributed by atoms with Gasteiger partial charge in [0.15, 0.2) is 0 Å². The van der Waals surface area contributed by atoms with E-state index in [0.717, 1.165) is 19.5 Å². The number of nitrogens with zero attached hydrogens (tertiary/aromatic N) is 1. The van der Waals surface area contributed by atoms with Crippen LogP contribution in [0.3, 0.4) is 0 Å². The molecule has 2 N–H and O–H groups in total. The van der Waals surface area contributed by atoms with Gasteiger partial charge in [-0.15, -0.1) is 0 Å². The molecule has 3 rings (SSSR count). The van der Waals surface area contributed by atoms with Crippen molar-refractivity contribution < 1.29 is 0 Å². The Balaban J connectivity index is 1.86. The first-order chi connectivity index (χ1) is 8.88. The van der Waals surface area contributed by atoms with Gasteiger partial charge in [-0.1, -0.05) is 42.5 Å². The highest BCUT2D eigenvalue weighted by Gasteiger charge is 2.18. The lowest BCUT2D eigenvalue weighted by molar-refractivity contribution is 0.824. The molecule has 2 aromatic rings. The van der Waals surface area contributed by atoms with Crippen molar-refractivity contribution in [2.45, 2.75) is 19.5 Å². The Bertz CT molecular complexity index is 548. The van der Waals surface area contributed by atoms with Crippen molar-refractivity contribution in [2.75, 3.05) is 11.4 Å². The molecule has 0 unspecified atom stereocenters. The third-order valence-electron chi connectivity index (χ3n) is 3.68. The SMILES string of the molecule is NCc1ccccc1CN1CCc2ccccc21. The molecule has 0 aromatic heterocycles. The zero-order chi connectivity index (χ0) is 12.4. The fraction of sp³-hybridized carbons (Fsp3) is 0.250. The molecule has 0 saturated heterocycles. The summed E-state index contributed by atoms with van der Waals surface area (Å²) in [7, 11) is 0. The molecule has 0 atom stereocenters. The van der Waals surface area contributed by atoms with Crippen molar-refractivity contribution in [2.24, 2.45) is 5.73 Å². The molecule has 0 spiro atoms. The van der Waals surface area contributed by atoms with Crippen molar-refractivity contribution in [3.63, 3.8) is 0 Å². The molecule has 2 heteroatoms. The molecule has 1 heterocycles. The minimum absolute atomic E-state index is 0.617. The van der Waals surface area contributed by atoms with E-state index in [0.29, 0.717) is 6.54 Å². The van der Waals surface area contributed by atoms with Crippen LogP contribution in [0.4, 0.5) is 5.69 Å². The number of hydrogen-bond acceptors (Lipinski definition) is 2. The zero-order valence-electron chi connectivity index (χ0n) is 10.5. The topological polar surface area (TPSA) is 29.3 Å². The normalized spacial score (nSPS) is 13.7. The molecular formula is C16H18N2. The molecule has 18 heavy (non-hydrogen) atoms. The van der Waals surface area contributed by atoms with Crippen LogP contribution in [0.1, 0.15) is 16.7 Å². The van der Waals surface area contributed by atoms with E-state index < -0.39 is 0 Å². The summed E-state index contributed by atoms with van der Waals surface area (Å²) in [5.41, 5.74) is 11.2. The van der Waals surface area contributed by atoms with E-state index in [-0.39, 0.29) is 0 Å². The highest BCUT2D eigenvalue weighted by atomic mass is 15.1. The quantitative estimate of drug-likeness (QED) is 0.891. The van der Waals surface area contributed by atoms with Gasteiger partial charge in [0, 0.05) is 25.3 Å². The fourth-order valence-electron chi connectivity index (χ4n) is 2.69. The van der Waals surface area contributed by atoms with Gasteiger partial charge in [0.25, 0.3) is 0 Å². The first-order valence-corrected chi connectivity index (χ1v) is 6.48. The molecule has 1 aliphatic rings. The Morgan fingerprint density at radius 3 is 2.50 bits per heavy atom. The van der Waals surface area contributed by atoms with Crippen LogP contribution in [0.2, 0.25) is 0 Å². The zero-order valence-corrected chi connectivity index (χ0v) is 10.5. The van der Waals surface area contributed by atoms with Gasteiger partial charge >= 0.3 is 0 Å². The van der Waals surface area contributed by atoms with Crippen LogP contribution >= 0.6 is 0 Å². The van der Waals surface area contributed by atoms with Crippen LogP contribution in [0.5, 0.6) is 0 Å². The second-order valence-corrected chi connectivity index (χ2v) is 4.77. The summed E-state index contributed by atoms with van der Waals surface area (Å²) in [5.74, 6) is 0. The van der Waals surface area contributed by atoms with Gasteiger partial charge in [0.05, 0.1) is 0 Å². The first kappa shape index (κ1) is 11.3. The predicted molar refractivity (Wildman–Crippen MR) is 75.5 cm³/mol. The number of nitrogens with two attached hydrogens (primary N) is 1. The number of hydrogen-bond donors (Lipinski definition) is 1. The monoisotopic (exact) mass is 238 g/mol. The molecule has 0 aliphatic carbocycles. The second-order valence-electron chi connectivity index (χ2n) is 4.77. The largest absolute Gasteiger partial charge is 0.367 e. The van der Waals surface area contributed by atoms with Gasteiger partial charge < -0.3 is 10.6 Å². The van der Waals surface area contributed by atoms with Gasteiger partial charge in [-0.2, -0.15) is 0 Å². The highest BCUT2D eigenvalue weighted by Crippen LogP contribution is 2.29. The van der Waals surface area contributed by atoms with Crippen LogP contribution < -0.4 is 10.6 Å². The van der Waals surface area contributed by atoms with Crippen LogP contribution in [0, 0.1) is 0 Å². The molecular weight excluding hydrogens is 220 g/mol. The van der Waals surface area contributed by atoms with E-state index >= 15 is 0 Å². The molecule has 0 amide bonds. The number of benzene rings is 2. The number of para-hydroxylation sites is 1.